The molecule has 1 aromatic heterocycles. The van der Waals surface area contributed by atoms with Gasteiger partial charge in [0.15, 0.2) is 0 Å². The van der Waals surface area contributed by atoms with Crippen LogP contribution in [0.1, 0.15) is 19.2 Å². The summed E-state index contributed by atoms with van der Waals surface area (Å²) in [6.45, 7) is 6.75. The predicted octanol–water partition coefficient (Wildman–Crippen LogP) is 0.969. The topological polar surface area (TPSA) is 64.3 Å². The fourth-order valence-electron chi connectivity index (χ4n) is 2.18. The van der Waals surface area contributed by atoms with Crippen molar-refractivity contribution in [3.05, 3.63) is 11.9 Å². The molecule has 1 atom stereocenters. The number of aromatic nitrogens is 2. The van der Waals surface area contributed by atoms with Crippen LogP contribution in [0, 0.1) is 12.3 Å². The van der Waals surface area contributed by atoms with E-state index in [2.05, 4.69) is 21.8 Å². The molecule has 1 saturated heterocycles. The van der Waals surface area contributed by atoms with Crippen molar-refractivity contribution in [2.75, 3.05) is 31.6 Å². The lowest BCUT2D eigenvalue weighted by Gasteiger charge is -2.23. The molecule has 0 radical (unpaired) electrons. The van der Waals surface area contributed by atoms with Crippen LogP contribution in [-0.2, 0) is 0 Å². The second-order valence-electron chi connectivity index (χ2n) is 5.00. The Morgan fingerprint density at radius 3 is 2.88 bits per heavy atom. The molecule has 1 unspecified atom stereocenters. The molecule has 94 valence electrons. The first-order valence-corrected chi connectivity index (χ1v) is 5.91. The zero-order chi connectivity index (χ0) is 12.5. The Kier molecular flexibility index (Phi) is 3.19. The van der Waals surface area contributed by atoms with Crippen molar-refractivity contribution < 1.29 is 4.74 Å². The molecule has 0 spiro atoms. The normalized spacial score (nSPS) is 24.1. The van der Waals surface area contributed by atoms with Crippen molar-refractivity contribution in [3.63, 3.8) is 0 Å². The molecule has 1 aromatic rings. The number of nitrogens with two attached hydrogens (primary N) is 1. The summed E-state index contributed by atoms with van der Waals surface area (Å²) in [4.78, 5) is 10.9. The quantitative estimate of drug-likeness (QED) is 0.847. The van der Waals surface area contributed by atoms with Gasteiger partial charge in [-0.15, -0.1) is 0 Å². The van der Waals surface area contributed by atoms with Crippen molar-refractivity contribution in [3.8, 4) is 5.88 Å². The number of hydrogen-bond acceptors (Lipinski definition) is 5. The van der Waals surface area contributed by atoms with Crippen LogP contribution in [0.2, 0.25) is 0 Å². The monoisotopic (exact) mass is 236 g/mol. The van der Waals surface area contributed by atoms with Crippen molar-refractivity contribution in [1.29, 1.82) is 0 Å². The van der Waals surface area contributed by atoms with E-state index in [9.17, 15) is 0 Å². The average molecular weight is 236 g/mol. The number of anilines is 1. The predicted molar refractivity (Wildman–Crippen MR) is 67.3 cm³/mol. The zero-order valence-corrected chi connectivity index (χ0v) is 10.7. The Hall–Kier alpha value is -1.36. The van der Waals surface area contributed by atoms with Gasteiger partial charge in [0.05, 0.1) is 7.11 Å². The van der Waals surface area contributed by atoms with E-state index in [1.54, 1.807) is 7.11 Å². The van der Waals surface area contributed by atoms with Crippen LogP contribution < -0.4 is 15.4 Å². The highest BCUT2D eigenvalue weighted by molar-refractivity contribution is 5.43. The number of rotatable bonds is 3. The van der Waals surface area contributed by atoms with E-state index < -0.39 is 0 Å². The van der Waals surface area contributed by atoms with E-state index in [1.807, 2.05) is 13.0 Å². The second kappa shape index (κ2) is 4.49. The molecule has 5 nitrogen and oxygen atoms in total. The second-order valence-corrected chi connectivity index (χ2v) is 5.00. The van der Waals surface area contributed by atoms with E-state index in [-0.39, 0.29) is 5.41 Å². The van der Waals surface area contributed by atoms with Gasteiger partial charge in [-0.05, 0) is 25.3 Å². The average Bonchev–Trinajstić information content (AvgIpc) is 2.72. The van der Waals surface area contributed by atoms with Gasteiger partial charge >= 0.3 is 0 Å². The maximum absolute atomic E-state index is 5.81. The smallest absolute Gasteiger partial charge is 0.218 e. The minimum atomic E-state index is 0.200. The summed E-state index contributed by atoms with van der Waals surface area (Å²) < 4.78 is 5.17. The Bertz CT molecular complexity index is 409. The molecule has 1 fully saturated rings. The summed E-state index contributed by atoms with van der Waals surface area (Å²) >= 11 is 0. The van der Waals surface area contributed by atoms with E-state index >= 15 is 0 Å². The molecule has 0 aliphatic carbocycles. The minimum absolute atomic E-state index is 0.200. The molecular formula is C12H20N4O. The number of methoxy groups -OCH3 is 1. The molecule has 0 aromatic carbocycles. The van der Waals surface area contributed by atoms with Gasteiger partial charge in [-0.1, -0.05) is 6.92 Å². The number of hydrogen-bond donors (Lipinski definition) is 1. The largest absolute Gasteiger partial charge is 0.481 e. The summed E-state index contributed by atoms with van der Waals surface area (Å²) in [6.07, 6.45) is 1.11. The number of ether oxygens (including phenoxy) is 1. The van der Waals surface area contributed by atoms with Crippen molar-refractivity contribution >= 4 is 5.82 Å². The molecule has 2 N–H and O–H groups in total. The molecule has 0 saturated carbocycles. The first-order valence-electron chi connectivity index (χ1n) is 5.91. The van der Waals surface area contributed by atoms with Gasteiger partial charge < -0.3 is 15.4 Å². The van der Waals surface area contributed by atoms with Crippen LogP contribution in [-0.4, -0.2) is 36.7 Å². The molecule has 2 rings (SSSR count). The molecule has 0 bridgehead atoms. The molecule has 1 aliphatic heterocycles. The lowest BCUT2D eigenvalue weighted by Crippen LogP contribution is -2.31. The van der Waals surface area contributed by atoms with Gasteiger partial charge in [-0.3, -0.25) is 0 Å². The fourth-order valence-corrected chi connectivity index (χ4v) is 2.18. The van der Waals surface area contributed by atoms with Crippen LogP contribution >= 0.6 is 0 Å². The maximum Gasteiger partial charge on any atom is 0.218 e. The first kappa shape index (κ1) is 12.1. The van der Waals surface area contributed by atoms with E-state index in [1.165, 1.54) is 0 Å². The number of nitrogens with zero attached hydrogens (tertiary/aromatic N) is 3. The minimum Gasteiger partial charge on any atom is -0.481 e. The lowest BCUT2D eigenvalue weighted by molar-refractivity contribution is 0.382. The molecule has 5 heteroatoms. The first-order chi connectivity index (χ1) is 8.06. The van der Waals surface area contributed by atoms with Gasteiger partial charge in [-0.25, -0.2) is 4.98 Å². The van der Waals surface area contributed by atoms with E-state index in [0.717, 1.165) is 31.2 Å². The Labute approximate surface area is 102 Å². The fraction of sp³-hybridized carbons (Fsp3) is 0.667. The lowest BCUT2D eigenvalue weighted by atomic mass is 9.90. The van der Waals surface area contributed by atoms with E-state index in [0.29, 0.717) is 12.4 Å². The molecule has 1 aliphatic rings. The Morgan fingerprint density at radius 1 is 1.53 bits per heavy atom. The third-order valence-corrected chi connectivity index (χ3v) is 3.38. The van der Waals surface area contributed by atoms with Gasteiger partial charge in [0, 0.05) is 19.2 Å². The summed E-state index contributed by atoms with van der Waals surface area (Å²) in [5.41, 5.74) is 6.01. The van der Waals surface area contributed by atoms with Crippen molar-refractivity contribution in [2.24, 2.45) is 11.1 Å². The summed E-state index contributed by atoms with van der Waals surface area (Å²) in [6, 6.07) is 1.88. The SMILES string of the molecule is COc1cc(N2CCC(C)(CN)C2)nc(C)n1. The highest BCUT2D eigenvalue weighted by atomic mass is 16.5. The summed E-state index contributed by atoms with van der Waals surface area (Å²) in [5.74, 6) is 2.29. The van der Waals surface area contributed by atoms with Crippen LogP contribution in [0.15, 0.2) is 6.07 Å². The van der Waals surface area contributed by atoms with E-state index in [4.69, 9.17) is 10.5 Å². The Balaban J connectivity index is 2.21. The molecule has 2 heterocycles. The van der Waals surface area contributed by atoms with Crippen LogP contribution in [0.25, 0.3) is 0 Å². The van der Waals surface area contributed by atoms with Gasteiger partial charge in [0.25, 0.3) is 0 Å². The van der Waals surface area contributed by atoms with Crippen LogP contribution in [0.4, 0.5) is 5.82 Å². The number of aryl methyl sites for hydroxylation is 1. The summed E-state index contributed by atoms with van der Waals surface area (Å²) in [5, 5.41) is 0. The zero-order valence-electron chi connectivity index (χ0n) is 10.7. The maximum atomic E-state index is 5.81. The van der Waals surface area contributed by atoms with Gasteiger partial charge in [0.1, 0.15) is 11.6 Å². The van der Waals surface area contributed by atoms with Crippen molar-refractivity contribution in [1.82, 2.24) is 9.97 Å². The van der Waals surface area contributed by atoms with Crippen LogP contribution in [0.5, 0.6) is 5.88 Å². The third-order valence-electron chi connectivity index (χ3n) is 3.38. The molecule has 0 amide bonds. The van der Waals surface area contributed by atoms with Crippen molar-refractivity contribution in [2.45, 2.75) is 20.3 Å². The highest BCUT2D eigenvalue weighted by Gasteiger charge is 2.33. The van der Waals surface area contributed by atoms with Gasteiger partial charge in [-0.2, -0.15) is 4.98 Å². The van der Waals surface area contributed by atoms with Crippen LogP contribution in [0.3, 0.4) is 0 Å². The Morgan fingerprint density at radius 2 is 2.29 bits per heavy atom. The summed E-state index contributed by atoms with van der Waals surface area (Å²) in [7, 11) is 1.62. The standard InChI is InChI=1S/C12H20N4O/c1-9-14-10(6-11(15-9)17-3)16-5-4-12(2,7-13)8-16/h6H,4-5,7-8,13H2,1-3H3. The molecule has 17 heavy (non-hydrogen) atoms. The highest BCUT2D eigenvalue weighted by Crippen LogP contribution is 2.32. The molecular weight excluding hydrogens is 216 g/mol. The third kappa shape index (κ3) is 2.49. The van der Waals surface area contributed by atoms with Gasteiger partial charge in [0.2, 0.25) is 5.88 Å².